The monoisotopic (exact) mass is 387 g/mol. The van der Waals surface area contributed by atoms with E-state index in [2.05, 4.69) is 10.6 Å². The first-order valence-electron chi connectivity index (χ1n) is 7.42. The predicted molar refractivity (Wildman–Crippen MR) is 95.2 cm³/mol. The number of halogens is 1. The van der Waals surface area contributed by atoms with E-state index in [-0.39, 0.29) is 33.2 Å². The van der Waals surface area contributed by atoms with Gasteiger partial charge in [0.05, 0.1) is 21.1 Å². The molecule has 0 aromatic heterocycles. The van der Waals surface area contributed by atoms with Crippen LogP contribution in [0.2, 0.25) is 5.02 Å². The molecule has 0 bridgehead atoms. The van der Waals surface area contributed by atoms with Gasteiger partial charge in [0.2, 0.25) is 0 Å². The molecule has 0 atom stereocenters. The number of nitrogens with zero attached hydrogens (tertiary/aromatic N) is 1. The minimum absolute atomic E-state index is 0.0123. The van der Waals surface area contributed by atoms with E-state index in [0.717, 1.165) is 0 Å². The highest BCUT2D eigenvalue weighted by Gasteiger charge is 2.32. The van der Waals surface area contributed by atoms with Crippen LogP contribution in [0.3, 0.4) is 0 Å². The molecule has 3 rings (SSSR count). The summed E-state index contributed by atoms with van der Waals surface area (Å²) in [5.41, 5.74) is 0.0652. The van der Waals surface area contributed by atoms with Crippen molar-refractivity contribution < 1.29 is 24.4 Å². The fraction of sp³-hybridized carbons (Fsp3) is 0. The summed E-state index contributed by atoms with van der Waals surface area (Å²) in [6.45, 7) is 0. The van der Waals surface area contributed by atoms with Crippen molar-refractivity contribution in [3.8, 4) is 0 Å². The molecule has 2 aromatic carbocycles. The van der Waals surface area contributed by atoms with Crippen molar-refractivity contribution in [3.05, 3.63) is 74.4 Å². The summed E-state index contributed by atoms with van der Waals surface area (Å²) in [7, 11) is 0. The Labute approximate surface area is 156 Å². The average Bonchev–Trinajstić information content (AvgIpc) is 2.89. The fourth-order valence-electron chi connectivity index (χ4n) is 2.51. The molecule has 0 fully saturated rings. The molecule has 136 valence electrons. The Morgan fingerprint density at radius 1 is 1.11 bits per heavy atom. The Bertz CT molecular complexity index is 1030. The summed E-state index contributed by atoms with van der Waals surface area (Å²) in [5.74, 6) is -2.64. The molecular formula is C17H10ClN3O6. The van der Waals surface area contributed by atoms with Gasteiger partial charge in [-0.25, -0.2) is 4.79 Å². The van der Waals surface area contributed by atoms with Crippen LogP contribution in [0.1, 0.15) is 15.9 Å². The Balaban J connectivity index is 2.03. The Hall–Kier alpha value is -3.72. The number of imide groups is 1. The number of carbonyl (C=O) groups excluding carboxylic acids is 2. The fourth-order valence-corrected chi connectivity index (χ4v) is 2.71. The van der Waals surface area contributed by atoms with Gasteiger partial charge in [-0.05, 0) is 35.9 Å². The number of hydrogen-bond acceptors (Lipinski definition) is 6. The number of benzene rings is 2. The quantitative estimate of drug-likeness (QED) is 0.406. The number of nitro groups is 1. The molecule has 1 aliphatic rings. The average molecular weight is 388 g/mol. The first kappa shape index (κ1) is 18.1. The minimum Gasteiger partial charge on any atom is -0.478 e. The predicted octanol–water partition coefficient (Wildman–Crippen LogP) is 2.43. The molecule has 0 spiro atoms. The van der Waals surface area contributed by atoms with E-state index in [9.17, 15) is 24.5 Å². The maximum absolute atomic E-state index is 12.2. The zero-order chi connectivity index (χ0) is 19.7. The van der Waals surface area contributed by atoms with Gasteiger partial charge in [-0.2, -0.15) is 0 Å². The number of rotatable bonds is 5. The normalized spacial score (nSPS) is 13.5. The topological polar surface area (TPSA) is 139 Å². The third-order valence-corrected chi connectivity index (χ3v) is 4.09. The van der Waals surface area contributed by atoms with Gasteiger partial charge in [0, 0.05) is 17.8 Å². The van der Waals surface area contributed by atoms with Gasteiger partial charge in [-0.1, -0.05) is 11.6 Å². The number of amides is 2. The van der Waals surface area contributed by atoms with Crippen LogP contribution < -0.4 is 10.6 Å². The molecular weight excluding hydrogens is 378 g/mol. The van der Waals surface area contributed by atoms with Gasteiger partial charge < -0.3 is 10.4 Å². The van der Waals surface area contributed by atoms with E-state index in [1.54, 1.807) is 0 Å². The first-order valence-corrected chi connectivity index (χ1v) is 7.80. The molecule has 2 aromatic rings. The zero-order valence-corrected chi connectivity index (χ0v) is 14.1. The largest absolute Gasteiger partial charge is 0.478 e. The molecule has 0 aliphatic carbocycles. The number of anilines is 1. The molecule has 0 unspecified atom stereocenters. The highest BCUT2D eigenvalue weighted by Crippen LogP contribution is 2.28. The third-order valence-electron chi connectivity index (χ3n) is 3.76. The lowest BCUT2D eigenvalue weighted by Gasteiger charge is -2.09. The number of hydrogen-bond donors (Lipinski definition) is 3. The summed E-state index contributed by atoms with van der Waals surface area (Å²) in [4.78, 5) is 45.6. The molecule has 0 saturated heterocycles. The van der Waals surface area contributed by atoms with Gasteiger partial charge >= 0.3 is 5.97 Å². The van der Waals surface area contributed by atoms with Crippen LogP contribution in [0.25, 0.3) is 5.57 Å². The van der Waals surface area contributed by atoms with Crippen molar-refractivity contribution in [1.29, 1.82) is 0 Å². The smallest absolute Gasteiger partial charge is 0.337 e. The van der Waals surface area contributed by atoms with Crippen molar-refractivity contribution in [2.45, 2.75) is 0 Å². The lowest BCUT2D eigenvalue weighted by atomic mass is 10.0. The Morgan fingerprint density at radius 3 is 2.37 bits per heavy atom. The second-order valence-electron chi connectivity index (χ2n) is 5.46. The number of carboxylic acid groups (broad SMARTS) is 1. The summed E-state index contributed by atoms with van der Waals surface area (Å²) in [6, 6.07) is 9.12. The highest BCUT2D eigenvalue weighted by molar-refractivity contribution is 6.37. The van der Waals surface area contributed by atoms with Gasteiger partial charge in [0.1, 0.15) is 5.70 Å². The van der Waals surface area contributed by atoms with Crippen molar-refractivity contribution in [2.75, 3.05) is 5.32 Å². The number of carbonyl (C=O) groups is 3. The maximum atomic E-state index is 12.2. The van der Waals surface area contributed by atoms with Gasteiger partial charge in [-0.15, -0.1) is 0 Å². The molecule has 10 heteroatoms. The third kappa shape index (κ3) is 3.48. The Kier molecular flexibility index (Phi) is 4.61. The van der Waals surface area contributed by atoms with E-state index in [1.165, 1.54) is 42.5 Å². The van der Waals surface area contributed by atoms with Crippen LogP contribution in [0.15, 0.2) is 48.2 Å². The highest BCUT2D eigenvalue weighted by atomic mass is 35.5. The molecule has 0 radical (unpaired) electrons. The van der Waals surface area contributed by atoms with Crippen LogP contribution in [-0.4, -0.2) is 27.8 Å². The van der Waals surface area contributed by atoms with E-state index in [4.69, 9.17) is 16.7 Å². The second-order valence-corrected chi connectivity index (χ2v) is 5.87. The molecule has 9 nitrogen and oxygen atoms in total. The number of nitrogens with one attached hydrogen (secondary N) is 2. The molecule has 2 amide bonds. The minimum atomic E-state index is -1.25. The van der Waals surface area contributed by atoms with Crippen LogP contribution in [0, 0.1) is 10.1 Å². The molecule has 3 N–H and O–H groups in total. The van der Waals surface area contributed by atoms with Gasteiger partial charge in [0.25, 0.3) is 17.5 Å². The number of non-ortho nitro benzene ring substituents is 1. The molecule has 1 heterocycles. The second kappa shape index (κ2) is 6.89. The number of nitro benzene ring substituents is 1. The summed E-state index contributed by atoms with van der Waals surface area (Å²) in [6.07, 6.45) is 0. The maximum Gasteiger partial charge on any atom is 0.337 e. The van der Waals surface area contributed by atoms with E-state index < -0.39 is 22.7 Å². The summed E-state index contributed by atoms with van der Waals surface area (Å²) in [5, 5.41) is 24.8. The van der Waals surface area contributed by atoms with Crippen molar-refractivity contribution in [2.24, 2.45) is 0 Å². The van der Waals surface area contributed by atoms with Crippen molar-refractivity contribution in [3.63, 3.8) is 0 Å². The first-order chi connectivity index (χ1) is 12.8. The zero-order valence-electron chi connectivity index (χ0n) is 13.4. The lowest BCUT2D eigenvalue weighted by Crippen LogP contribution is -2.24. The number of aromatic carboxylic acids is 1. The van der Waals surface area contributed by atoms with Crippen LogP contribution in [0.4, 0.5) is 11.4 Å². The van der Waals surface area contributed by atoms with E-state index in [1.807, 2.05) is 0 Å². The summed E-state index contributed by atoms with van der Waals surface area (Å²) < 4.78 is 0. The van der Waals surface area contributed by atoms with Crippen LogP contribution in [0.5, 0.6) is 0 Å². The SMILES string of the molecule is O=C1NC(=O)C(c2ccc([N+](=O)[O-])cc2)=C1Nc1ccc(Cl)c(C(=O)O)c1. The van der Waals surface area contributed by atoms with Gasteiger partial charge in [0.15, 0.2) is 0 Å². The van der Waals surface area contributed by atoms with E-state index in [0.29, 0.717) is 5.56 Å². The number of carboxylic acids is 1. The van der Waals surface area contributed by atoms with Gasteiger partial charge in [-0.3, -0.25) is 25.0 Å². The molecule has 1 aliphatic heterocycles. The standard InChI is InChI=1S/C17H10ClN3O6/c18-12-6-3-9(7-11(12)17(24)25)19-14-13(15(22)20-16(14)23)8-1-4-10(5-2-8)21(26)27/h1-7H,(H,24,25)(H2,19,20,22,23). The Morgan fingerprint density at radius 2 is 1.78 bits per heavy atom. The van der Waals surface area contributed by atoms with Crippen molar-refractivity contribution >= 4 is 46.3 Å². The summed E-state index contributed by atoms with van der Waals surface area (Å²) >= 11 is 5.82. The molecule has 0 saturated carbocycles. The van der Waals surface area contributed by atoms with Crippen LogP contribution in [-0.2, 0) is 9.59 Å². The molecule has 27 heavy (non-hydrogen) atoms. The van der Waals surface area contributed by atoms with E-state index >= 15 is 0 Å². The van der Waals surface area contributed by atoms with Crippen molar-refractivity contribution in [1.82, 2.24) is 5.32 Å². The lowest BCUT2D eigenvalue weighted by molar-refractivity contribution is -0.384. The van der Waals surface area contributed by atoms with Crippen LogP contribution >= 0.6 is 11.6 Å².